The fourth-order valence-electron chi connectivity index (χ4n) is 8.75. The lowest BCUT2D eigenvalue weighted by Gasteiger charge is -2.60. The molecule has 1 N–H and O–H groups in total. The third-order valence-corrected chi connectivity index (χ3v) is 10.9. The van der Waals surface area contributed by atoms with Crippen molar-refractivity contribution in [1.29, 1.82) is 5.26 Å². The van der Waals surface area contributed by atoms with Crippen molar-refractivity contribution in [1.82, 2.24) is 15.1 Å². The first-order valence-electron chi connectivity index (χ1n) is 17.5. The minimum atomic E-state index is -1.31. The minimum absolute atomic E-state index is 0.00616. The molecule has 52 heavy (non-hydrogen) atoms. The average molecular weight is 715 g/mol. The third kappa shape index (κ3) is 5.98. The van der Waals surface area contributed by atoms with Crippen molar-refractivity contribution in [2.45, 2.75) is 69.7 Å². The summed E-state index contributed by atoms with van der Waals surface area (Å²) in [5, 5.41) is 14.1. The molecule has 1 saturated heterocycles. The SMILES string of the molecule is COCOc1c(OC)c(C)cc2c1C1[C@@H]3Cc4c(OC(=O)CF)c(C)c5c(c4[C@H](CNC(=O)CCc4ccccc4)N3[C@@H](C#N)C(C2)N1C)OCO5. The van der Waals surface area contributed by atoms with E-state index >= 15 is 0 Å². The average Bonchev–Trinajstić information content (AvgIpc) is 3.64. The van der Waals surface area contributed by atoms with Gasteiger partial charge in [-0.25, -0.2) is 9.18 Å². The predicted molar refractivity (Wildman–Crippen MR) is 186 cm³/mol. The summed E-state index contributed by atoms with van der Waals surface area (Å²) in [5.74, 6) is 1.03. The van der Waals surface area contributed by atoms with Crippen LogP contribution >= 0.6 is 0 Å². The molecule has 5 atom stereocenters. The van der Waals surface area contributed by atoms with Gasteiger partial charge in [0.2, 0.25) is 12.7 Å². The van der Waals surface area contributed by atoms with Crippen LogP contribution in [-0.4, -0.2) is 87.9 Å². The van der Waals surface area contributed by atoms with Gasteiger partial charge in [-0.3, -0.25) is 14.6 Å². The number of carbonyl (C=O) groups excluding carboxylic acids is 2. The monoisotopic (exact) mass is 714 g/mol. The summed E-state index contributed by atoms with van der Waals surface area (Å²) in [4.78, 5) is 30.5. The summed E-state index contributed by atoms with van der Waals surface area (Å²) in [5.41, 5.74) is 5.71. The topological polar surface area (TPSA) is 132 Å². The van der Waals surface area contributed by atoms with Gasteiger partial charge in [0.05, 0.1) is 25.3 Å². The number of esters is 1. The number of rotatable bonds is 11. The molecule has 3 aromatic carbocycles. The Bertz CT molecular complexity index is 1920. The molecule has 0 radical (unpaired) electrons. The van der Waals surface area contributed by atoms with Gasteiger partial charge >= 0.3 is 5.97 Å². The van der Waals surface area contributed by atoms with Crippen LogP contribution in [0.15, 0.2) is 36.4 Å². The fourth-order valence-corrected chi connectivity index (χ4v) is 8.75. The highest BCUT2D eigenvalue weighted by Crippen LogP contribution is 2.58. The number of nitriles is 1. The first-order valence-corrected chi connectivity index (χ1v) is 17.5. The van der Waals surface area contributed by atoms with Crippen LogP contribution in [0.3, 0.4) is 0 Å². The van der Waals surface area contributed by atoms with E-state index in [1.165, 1.54) is 0 Å². The molecule has 2 bridgehead atoms. The summed E-state index contributed by atoms with van der Waals surface area (Å²) in [6.45, 7) is 2.47. The molecule has 4 aliphatic heterocycles. The highest BCUT2D eigenvalue weighted by atomic mass is 19.1. The van der Waals surface area contributed by atoms with Crippen LogP contribution in [0, 0.1) is 25.2 Å². The Balaban J connectivity index is 1.39. The second-order valence-corrected chi connectivity index (χ2v) is 13.7. The van der Waals surface area contributed by atoms with Crippen molar-refractivity contribution in [2.24, 2.45) is 0 Å². The van der Waals surface area contributed by atoms with Crippen molar-refractivity contribution in [3.8, 4) is 34.8 Å². The Morgan fingerprint density at radius 2 is 1.81 bits per heavy atom. The van der Waals surface area contributed by atoms with Crippen LogP contribution in [-0.2, 0) is 33.6 Å². The maximum atomic E-state index is 13.7. The number of hydrogen-bond acceptors (Lipinski definition) is 11. The number of benzene rings is 3. The van der Waals surface area contributed by atoms with Gasteiger partial charge < -0.3 is 33.7 Å². The van der Waals surface area contributed by atoms with Crippen molar-refractivity contribution >= 4 is 11.9 Å². The molecule has 0 aliphatic carbocycles. The predicted octanol–water partition coefficient (Wildman–Crippen LogP) is 4.42. The number of amides is 1. The Morgan fingerprint density at radius 1 is 1.04 bits per heavy atom. The summed E-state index contributed by atoms with van der Waals surface area (Å²) < 4.78 is 49.0. The zero-order valence-corrected chi connectivity index (χ0v) is 30.0. The van der Waals surface area contributed by atoms with Crippen LogP contribution in [0.1, 0.15) is 57.4 Å². The van der Waals surface area contributed by atoms with E-state index in [9.17, 15) is 19.2 Å². The van der Waals surface area contributed by atoms with E-state index in [4.69, 9.17) is 28.4 Å². The first-order chi connectivity index (χ1) is 25.2. The van der Waals surface area contributed by atoms with E-state index in [0.29, 0.717) is 59.0 Å². The highest BCUT2D eigenvalue weighted by molar-refractivity contribution is 5.78. The number of carbonyl (C=O) groups is 2. The van der Waals surface area contributed by atoms with Gasteiger partial charge in [0.1, 0.15) is 11.8 Å². The molecule has 4 heterocycles. The number of nitrogens with one attached hydrogen (secondary N) is 1. The van der Waals surface area contributed by atoms with E-state index in [1.54, 1.807) is 21.1 Å². The van der Waals surface area contributed by atoms with Gasteiger partial charge in [-0.1, -0.05) is 36.4 Å². The Labute approximate surface area is 302 Å². The van der Waals surface area contributed by atoms with Crippen molar-refractivity contribution in [3.05, 3.63) is 75.3 Å². The number of likely N-dealkylation sites (N-methyl/N-ethyl adjacent to an activating group) is 1. The van der Waals surface area contributed by atoms with E-state index in [2.05, 4.69) is 27.3 Å². The molecule has 2 unspecified atom stereocenters. The van der Waals surface area contributed by atoms with E-state index in [0.717, 1.165) is 22.3 Å². The second kappa shape index (κ2) is 14.6. The quantitative estimate of drug-likeness (QED) is 0.172. The number of aryl methyl sites for hydroxylation is 2. The van der Waals surface area contributed by atoms with E-state index in [1.807, 2.05) is 44.3 Å². The normalized spacial score (nSPS) is 22.8. The zero-order chi connectivity index (χ0) is 36.7. The van der Waals surface area contributed by atoms with Gasteiger partial charge in [-0.2, -0.15) is 5.26 Å². The van der Waals surface area contributed by atoms with Crippen LogP contribution in [0.2, 0.25) is 0 Å². The number of alkyl halides is 1. The van der Waals surface area contributed by atoms with Gasteiger partial charge in [-0.05, 0) is 56.8 Å². The lowest BCUT2D eigenvalue weighted by molar-refractivity contribution is -0.135. The number of halogens is 1. The van der Waals surface area contributed by atoms with E-state index < -0.39 is 30.8 Å². The Hall–Kier alpha value is -4.90. The van der Waals surface area contributed by atoms with Crippen molar-refractivity contribution < 1.29 is 42.4 Å². The fraction of sp³-hybridized carbons (Fsp3) is 0.462. The molecular weight excluding hydrogens is 671 g/mol. The second-order valence-electron chi connectivity index (χ2n) is 13.7. The number of piperazine rings is 1. The molecule has 0 spiro atoms. The first kappa shape index (κ1) is 35.5. The van der Waals surface area contributed by atoms with Gasteiger partial charge in [0.25, 0.3) is 0 Å². The molecule has 0 saturated carbocycles. The minimum Gasteiger partial charge on any atom is -0.493 e. The van der Waals surface area contributed by atoms with Gasteiger partial charge in [-0.15, -0.1) is 0 Å². The molecule has 0 aromatic heterocycles. The molecule has 4 aliphatic rings. The number of hydrogen-bond donors (Lipinski definition) is 1. The molecule has 1 amide bonds. The van der Waals surface area contributed by atoms with Gasteiger partial charge in [0, 0.05) is 54.4 Å². The summed E-state index contributed by atoms with van der Waals surface area (Å²) >= 11 is 0. The maximum Gasteiger partial charge on any atom is 0.342 e. The van der Waals surface area contributed by atoms with Crippen LogP contribution in [0.4, 0.5) is 4.39 Å². The van der Waals surface area contributed by atoms with Crippen LogP contribution in [0.25, 0.3) is 0 Å². The molecule has 274 valence electrons. The number of nitrogens with zero attached hydrogens (tertiary/aromatic N) is 3. The summed E-state index contributed by atoms with van der Waals surface area (Å²) in [7, 11) is 5.17. The molecule has 7 rings (SSSR count). The van der Waals surface area contributed by atoms with Crippen LogP contribution < -0.4 is 29.0 Å². The molecular formula is C39H43FN4O8. The van der Waals surface area contributed by atoms with Crippen molar-refractivity contribution in [3.63, 3.8) is 0 Å². The zero-order valence-electron chi connectivity index (χ0n) is 30.0. The third-order valence-electron chi connectivity index (χ3n) is 10.9. The summed E-state index contributed by atoms with van der Waals surface area (Å²) in [6, 6.07) is 12.3. The lowest BCUT2D eigenvalue weighted by atomic mass is 9.71. The number of ether oxygens (including phenoxy) is 6. The largest absolute Gasteiger partial charge is 0.493 e. The maximum absolute atomic E-state index is 13.7. The molecule has 12 nitrogen and oxygen atoms in total. The highest BCUT2D eigenvalue weighted by Gasteiger charge is 2.57. The molecule has 13 heteroatoms. The summed E-state index contributed by atoms with van der Waals surface area (Å²) in [6.07, 6.45) is 1.69. The van der Waals surface area contributed by atoms with Gasteiger partial charge in [0.15, 0.2) is 36.5 Å². The number of fused-ring (bicyclic) bond motifs is 9. The Morgan fingerprint density at radius 3 is 2.52 bits per heavy atom. The van der Waals surface area contributed by atoms with Crippen LogP contribution in [0.5, 0.6) is 28.7 Å². The number of methoxy groups -OCH3 is 2. The van der Waals surface area contributed by atoms with E-state index in [-0.39, 0.29) is 50.3 Å². The molecule has 3 aromatic rings. The molecule has 1 fully saturated rings. The van der Waals surface area contributed by atoms with Crippen molar-refractivity contribution in [2.75, 3.05) is 48.1 Å². The Kier molecular flexibility index (Phi) is 9.98. The lowest BCUT2D eigenvalue weighted by Crippen LogP contribution is -2.68. The smallest absolute Gasteiger partial charge is 0.342 e. The standard InChI is InChI=1S/C39H43FN4O8/c1-21-13-24-14-26-28(17-41)44-27(34(43(26)3)32(24)38(35(21)48-5)49-19-47-4)15-25-33(29(44)18-42-30(45)12-11-23-9-7-6-8-10-23)39-37(50-20-51-39)22(2)36(25)52-31(46)16-40/h6-10,13,26-29,34H,11-12,14-16,18-20H2,1-5H3,(H,42,45)/t26?,27-,28-,29-,34?/m0/s1.